The fourth-order valence-electron chi connectivity index (χ4n) is 1.88. The molecule has 1 aromatic carbocycles. The van der Waals surface area contributed by atoms with Crippen LogP contribution >= 0.6 is 0 Å². The molecule has 3 nitrogen and oxygen atoms in total. The summed E-state index contributed by atoms with van der Waals surface area (Å²) >= 11 is 0. The molecule has 1 N–H and O–H groups in total. The molecule has 0 spiro atoms. The van der Waals surface area contributed by atoms with Crippen LogP contribution in [0.4, 0.5) is 8.78 Å². The van der Waals surface area contributed by atoms with E-state index in [0.717, 1.165) is 24.0 Å². The molecular weight excluding hydrogens is 238 g/mol. The predicted molar refractivity (Wildman–Crippen MR) is 62.9 cm³/mol. The molecular formula is C13H14F2N2O. The number of nitrogens with zero attached hydrogens (tertiary/aromatic N) is 2. The van der Waals surface area contributed by atoms with Crippen LogP contribution < -0.4 is 0 Å². The molecule has 0 aliphatic carbocycles. The standard InChI is InChI=1S/C13H14F2N2O/c1-2-13-16-5-6-17(13)8-12(18)10-7-9(14)3-4-11(10)15/h3-7,12,18H,2,8H2,1H3. The number of aliphatic hydroxyl groups excluding tert-OH is 1. The number of aromatic nitrogens is 2. The lowest BCUT2D eigenvalue weighted by molar-refractivity contribution is 0.150. The Labute approximate surface area is 104 Å². The highest BCUT2D eigenvalue weighted by Crippen LogP contribution is 2.20. The third-order valence-corrected chi connectivity index (χ3v) is 2.80. The van der Waals surface area contributed by atoms with Crippen molar-refractivity contribution in [1.82, 2.24) is 9.55 Å². The lowest BCUT2D eigenvalue weighted by Crippen LogP contribution is -2.12. The Kier molecular flexibility index (Phi) is 3.72. The van der Waals surface area contributed by atoms with Gasteiger partial charge in [0.25, 0.3) is 0 Å². The summed E-state index contributed by atoms with van der Waals surface area (Å²) in [5.74, 6) is -0.375. The van der Waals surface area contributed by atoms with E-state index in [1.165, 1.54) is 0 Å². The van der Waals surface area contributed by atoms with E-state index < -0.39 is 17.7 Å². The molecule has 0 bridgehead atoms. The second kappa shape index (κ2) is 5.27. The van der Waals surface area contributed by atoms with Crippen molar-refractivity contribution in [3.63, 3.8) is 0 Å². The number of imidazole rings is 1. The highest BCUT2D eigenvalue weighted by Gasteiger charge is 2.15. The third kappa shape index (κ3) is 2.56. The second-order valence-electron chi connectivity index (χ2n) is 4.03. The summed E-state index contributed by atoms with van der Waals surface area (Å²) < 4.78 is 28.2. The van der Waals surface area contributed by atoms with Gasteiger partial charge in [-0.3, -0.25) is 0 Å². The minimum absolute atomic E-state index is 0.0363. The highest BCUT2D eigenvalue weighted by atomic mass is 19.1. The summed E-state index contributed by atoms with van der Waals surface area (Å²) in [6.45, 7) is 2.09. The third-order valence-electron chi connectivity index (χ3n) is 2.80. The molecule has 1 atom stereocenters. The van der Waals surface area contributed by atoms with Crippen LogP contribution in [0.2, 0.25) is 0 Å². The molecule has 1 unspecified atom stereocenters. The van der Waals surface area contributed by atoms with Crippen molar-refractivity contribution in [2.24, 2.45) is 0 Å². The number of halogens is 2. The SMILES string of the molecule is CCc1nccn1CC(O)c1cc(F)ccc1F. The quantitative estimate of drug-likeness (QED) is 0.907. The van der Waals surface area contributed by atoms with Gasteiger partial charge in [-0.25, -0.2) is 13.8 Å². The van der Waals surface area contributed by atoms with Gasteiger partial charge >= 0.3 is 0 Å². The van der Waals surface area contributed by atoms with Crippen LogP contribution in [0.5, 0.6) is 0 Å². The van der Waals surface area contributed by atoms with E-state index in [1.807, 2.05) is 6.92 Å². The van der Waals surface area contributed by atoms with E-state index in [-0.39, 0.29) is 12.1 Å². The molecule has 2 aromatic rings. The van der Waals surface area contributed by atoms with Crippen LogP contribution in [0.25, 0.3) is 0 Å². The van der Waals surface area contributed by atoms with Crippen molar-refractivity contribution < 1.29 is 13.9 Å². The summed E-state index contributed by atoms with van der Waals surface area (Å²) in [5, 5.41) is 9.96. The van der Waals surface area contributed by atoms with Gasteiger partial charge in [0.15, 0.2) is 0 Å². The molecule has 0 saturated carbocycles. The highest BCUT2D eigenvalue weighted by molar-refractivity contribution is 5.21. The van der Waals surface area contributed by atoms with Crippen molar-refractivity contribution in [3.8, 4) is 0 Å². The van der Waals surface area contributed by atoms with E-state index in [1.54, 1.807) is 17.0 Å². The Morgan fingerprint density at radius 2 is 2.17 bits per heavy atom. The van der Waals surface area contributed by atoms with Crippen molar-refractivity contribution in [2.75, 3.05) is 0 Å². The normalized spacial score (nSPS) is 12.7. The van der Waals surface area contributed by atoms with Crippen LogP contribution in [0.1, 0.15) is 24.4 Å². The summed E-state index contributed by atoms with van der Waals surface area (Å²) in [7, 11) is 0. The molecule has 0 fully saturated rings. The van der Waals surface area contributed by atoms with Gasteiger partial charge in [-0.2, -0.15) is 0 Å². The molecule has 0 saturated heterocycles. The van der Waals surface area contributed by atoms with Crippen LogP contribution in [-0.4, -0.2) is 14.7 Å². The maximum Gasteiger partial charge on any atom is 0.129 e. The summed E-state index contributed by atoms with van der Waals surface area (Å²) in [4.78, 5) is 4.11. The van der Waals surface area contributed by atoms with E-state index in [2.05, 4.69) is 4.98 Å². The minimum Gasteiger partial charge on any atom is -0.386 e. The topological polar surface area (TPSA) is 38.0 Å². The summed E-state index contributed by atoms with van der Waals surface area (Å²) in [6.07, 6.45) is 2.94. The number of aryl methyl sites for hydroxylation is 1. The lowest BCUT2D eigenvalue weighted by Gasteiger charge is -2.14. The monoisotopic (exact) mass is 252 g/mol. The summed E-state index contributed by atoms with van der Waals surface area (Å²) in [6, 6.07) is 3.06. The molecule has 18 heavy (non-hydrogen) atoms. The Hall–Kier alpha value is -1.75. The molecule has 1 heterocycles. The smallest absolute Gasteiger partial charge is 0.129 e. The first kappa shape index (κ1) is 12.7. The van der Waals surface area contributed by atoms with E-state index in [4.69, 9.17) is 0 Å². The second-order valence-corrected chi connectivity index (χ2v) is 4.03. The van der Waals surface area contributed by atoms with Crippen LogP contribution in [0.3, 0.4) is 0 Å². The van der Waals surface area contributed by atoms with E-state index in [0.29, 0.717) is 6.42 Å². The van der Waals surface area contributed by atoms with E-state index >= 15 is 0 Å². The van der Waals surface area contributed by atoms with Gasteiger partial charge in [0, 0.05) is 24.4 Å². The van der Waals surface area contributed by atoms with Gasteiger partial charge in [-0.05, 0) is 18.2 Å². The number of hydrogen-bond donors (Lipinski definition) is 1. The molecule has 2 rings (SSSR count). The Balaban J connectivity index is 2.21. The lowest BCUT2D eigenvalue weighted by atomic mass is 10.1. The average Bonchev–Trinajstić information content (AvgIpc) is 2.79. The van der Waals surface area contributed by atoms with Crippen molar-refractivity contribution in [3.05, 3.63) is 53.6 Å². The summed E-state index contributed by atoms with van der Waals surface area (Å²) in [5.41, 5.74) is -0.0363. The van der Waals surface area contributed by atoms with E-state index in [9.17, 15) is 13.9 Å². The maximum atomic E-state index is 13.5. The largest absolute Gasteiger partial charge is 0.386 e. The zero-order chi connectivity index (χ0) is 13.1. The number of aliphatic hydroxyl groups is 1. The van der Waals surface area contributed by atoms with Crippen molar-refractivity contribution >= 4 is 0 Å². The Morgan fingerprint density at radius 3 is 2.89 bits per heavy atom. The molecule has 1 aromatic heterocycles. The number of rotatable bonds is 4. The minimum atomic E-state index is -1.10. The van der Waals surface area contributed by atoms with Gasteiger partial charge in [-0.15, -0.1) is 0 Å². The average molecular weight is 252 g/mol. The number of benzene rings is 1. The van der Waals surface area contributed by atoms with Gasteiger partial charge in [0.2, 0.25) is 0 Å². The fraction of sp³-hybridized carbons (Fsp3) is 0.308. The first-order valence-corrected chi connectivity index (χ1v) is 5.74. The van der Waals surface area contributed by atoms with Crippen molar-refractivity contribution in [1.29, 1.82) is 0 Å². The van der Waals surface area contributed by atoms with Crippen LogP contribution in [0.15, 0.2) is 30.6 Å². The van der Waals surface area contributed by atoms with Gasteiger partial charge < -0.3 is 9.67 Å². The van der Waals surface area contributed by atoms with Crippen molar-refractivity contribution in [2.45, 2.75) is 26.0 Å². The van der Waals surface area contributed by atoms with Gasteiger partial charge in [0.1, 0.15) is 17.5 Å². The maximum absolute atomic E-state index is 13.5. The van der Waals surface area contributed by atoms with Crippen LogP contribution in [0, 0.1) is 11.6 Å². The molecule has 5 heteroatoms. The Morgan fingerprint density at radius 1 is 1.39 bits per heavy atom. The molecule has 0 radical (unpaired) electrons. The van der Waals surface area contributed by atoms with Gasteiger partial charge in [-0.1, -0.05) is 6.92 Å². The zero-order valence-corrected chi connectivity index (χ0v) is 9.98. The predicted octanol–water partition coefficient (Wildman–Crippen LogP) is 2.46. The first-order chi connectivity index (χ1) is 8.61. The number of hydrogen-bond acceptors (Lipinski definition) is 2. The zero-order valence-electron chi connectivity index (χ0n) is 9.98. The fourth-order valence-corrected chi connectivity index (χ4v) is 1.88. The Bertz CT molecular complexity index is 540. The first-order valence-electron chi connectivity index (χ1n) is 5.74. The molecule has 96 valence electrons. The molecule has 0 aliphatic heterocycles. The van der Waals surface area contributed by atoms with Crippen LogP contribution in [-0.2, 0) is 13.0 Å². The molecule has 0 aliphatic rings. The molecule has 0 amide bonds. The van der Waals surface area contributed by atoms with Gasteiger partial charge in [0.05, 0.1) is 12.6 Å².